The van der Waals surface area contributed by atoms with E-state index in [9.17, 15) is 28.8 Å². The molecule has 2 heterocycles. The van der Waals surface area contributed by atoms with Crippen LogP contribution in [0.2, 0.25) is 0 Å². The molecule has 0 aromatic rings. The van der Waals surface area contributed by atoms with Gasteiger partial charge >= 0.3 is 0 Å². The van der Waals surface area contributed by atoms with Gasteiger partial charge in [0.05, 0.1) is 77.0 Å². The van der Waals surface area contributed by atoms with Gasteiger partial charge in [0, 0.05) is 97.7 Å². The van der Waals surface area contributed by atoms with Crippen LogP contribution in [0.4, 0.5) is 0 Å². The Bertz CT molecular complexity index is 2060. The van der Waals surface area contributed by atoms with Gasteiger partial charge in [-0.05, 0) is 137 Å². The molecule has 2 aliphatic rings. The van der Waals surface area contributed by atoms with Crippen molar-refractivity contribution in [2.24, 2.45) is 28.9 Å². The summed E-state index contributed by atoms with van der Waals surface area (Å²) >= 11 is 3.13. The zero-order valence-corrected chi connectivity index (χ0v) is 61.9. The van der Waals surface area contributed by atoms with Crippen molar-refractivity contribution in [1.29, 1.82) is 0 Å². The van der Waals surface area contributed by atoms with Crippen LogP contribution in [-0.2, 0) is 66.7 Å². The summed E-state index contributed by atoms with van der Waals surface area (Å²) in [5, 5.41) is 3.47. The highest BCUT2D eigenvalue weighted by atomic mass is 32.2. The Morgan fingerprint density at radius 3 is 1.51 bits per heavy atom. The molecule has 0 bridgehead atoms. The zero-order chi connectivity index (χ0) is 66.2. The summed E-state index contributed by atoms with van der Waals surface area (Å²) in [5.74, 6) is 1.05. The minimum absolute atomic E-state index is 0.0191. The summed E-state index contributed by atoms with van der Waals surface area (Å²) in [6.07, 6.45) is 14.1. The van der Waals surface area contributed by atoms with Gasteiger partial charge in [0.25, 0.3) is 0 Å². The van der Waals surface area contributed by atoms with Gasteiger partial charge in [-0.3, -0.25) is 38.6 Å². The van der Waals surface area contributed by atoms with Crippen LogP contribution in [-0.4, -0.2) is 194 Å². The van der Waals surface area contributed by atoms with E-state index in [2.05, 4.69) is 59.1 Å². The van der Waals surface area contributed by atoms with Gasteiger partial charge in [-0.1, -0.05) is 59.3 Å². The van der Waals surface area contributed by atoms with Crippen LogP contribution in [0.25, 0.3) is 0 Å². The molecule has 0 radical (unpaired) electrons. The first-order valence-electron chi connectivity index (χ1n) is 32.5. The second-order valence-electron chi connectivity index (χ2n) is 27.0. The Morgan fingerprint density at radius 2 is 1.07 bits per heavy atom. The Hall–Kier alpha value is -1.15. The van der Waals surface area contributed by atoms with Crippen LogP contribution in [0.15, 0.2) is 0 Å². The number of unbranched alkanes of at least 4 members (excludes halogenated alkanes) is 6. The molecule has 12 atom stereocenters. The fourth-order valence-corrected chi connectivity index (χ4v) is 14.1. The number of likely N-dealkylation sites (tertiary alicyclic amines) is 2. The van der Waals surface area contributed by atoms with E-state index in [1.54, 1.807) is 37.7 Å². The number of amides is 6. The first kappa shape index (κ1) is 82.9. The molecule has 6 amide bonds. The van der Waals surface area contributed by atoms with Crippen molar-refractivity contribution < 1.29 is 66.7 Å². The van der Waals surface area contributed by atoms with E-state index in [0.717, 1.165) is 62.9 Å². The van der Waals surface area contributed by atoms with E-state index < -0.39 is 27.2 Å². The van der Waals surface area contributed by atoms with Gasteiger partial charge in [0.1, 0.15) is 0 Å². The zero-order valence-electron chi connectivity index (χ0n) is 56.8. The van der Waals surface area contributed by atoms with Gasteiger partial charge in [-0.15, -0.1) is 51.2 Å². The summed E-state index contributed by atoms with van der Waals surface area (Å²) in [6.45, 7) is 29.3. The molecule has 0 saturated carbocycles. The Kier molecular flexibility index (Phi) is 39.9. The normalized spacial score (nSPS) is 19.6. The molecule has 4 N–H and O–H groups in total. The van der Waals surface area contributed by atoms with Crippen molar-refractivity contribution in [3.8, 4) is 0 Å². The van der Waals surface area contributed by atoms with Gasteiger partial charge in [-0.25, -0.2) is 0 Å². The Labute approximate surface area is 547 Å². The number of hydrogen-bond donors (Lipinski definition) is 3. The number of carbonyl (C=O) groups excluding carboxylic acids is 6. The molecule has 19 nitrogen and oxygen atoms in total. The van der Waals surface area contributed by atoms with Crippen LogP contribution in [0.1, 0.15) is 199 Å². The van der Waals surface area contributed by atoms with Crippen molar-refractivity contribution in [2.75, 3.05) is 105 Å². The van der Waals surface area contributed by atoms with Crippen molar-refractivity contribution in [3.05, 3.63) is 0 Å². The van der Waals surface area contributed by atoms with Crippen molar-refractivity contribution >= 4 is 86.7 Å². The first-order valence-corrected chi connectivity index (χ1v) is 36.4. The second-order valence-corrected chi connectivity index (χ2v) is 33.2. The van der Waals surface area contributed by atoms with E-state index in [1.807, 2.05) is 62.3 Å². The SMILES string of the molecule is CCOC(C)(P)C(COCCCNC(=O)CCN1C(=O)CC(SCCCCCCC(CCCCCCSC2CC(=O)N(CCC(=O)NCCCOCC(CC(C)(P)OCN)C(C)(C)OCC(C)(C)OC)C2=O)C(C)(C)C)C1=O)CC(C)(P)OCC(C)OC. The van der Waals surface area contributed by atoms with E-state index in [-0.39, 0.29) is 115 Å². The van der Waals surface area contributed by atoms with E-state index in [1.165, 1.54) is 22.6 Å². The largest absolute Gasteiger partial charge is 0.381 e. The number of rotatable bonds is 52. The number of methoxy groups -OCH3 is 2. The molecule has 0 aromatic heterocycles. The quantitative estimate of drug-likeness (QED) is 0.0222. The van der Waals surface area contributed by atoms with E-state index in [0.29, 0.717) is 90.9 Å². The van der Waals surface area contributed by atoms with Crippen LogP contribution in [0.3, 0.4) is 0 Å². The molecule has 514 valence electrons. The minimum atomic E-state index is -0.560. The first-order chi connectivity index (χ1) is 41.2. The average molecular weight is 1340 g/mol. The Morgan fingerprint density at radius 1 is 0.614 bits per heavy atom. The lowest BCUT2D eigenvalue weighted by Crippen LogP contribution is -2.45. The van der Waals surface area contributed by atoms with Crippen molar-refractivity contribution in [3.63, 3.8) is 0 Å². The third kappa shape index (κ3) is 33.8. The number of ether oxygens (including phenoxy) is 8. The second kappa shape index (κ2) is 42.3. The predicted molar refractivity (Wildman–Crippen MR) is 366 cm³/mol. The molecule has 2 aliphatic heterocycles. The smallest absolute Gasteiger partial charge is 0.242 e. The van der Waals surface area contributed by atoms with Gasteiger partial charge in [-0.2, -0.15) is 0 Å². The fourth-order valence-electron chi connectivity index (χ4n) is 10.6. The highest BCUT2D eigenvalue weighted by Gasteiger charge is 2.41. The number of nitrogens with zero attached hydrogens (tertiary/aromatic N) is 2. The van der Waals surface area contributed by atoms with Crippen LogP contribution in [0.5, 0.6) is 0 Å². The lowest BCUT2D eigenvalue weighted by Gasteiger charge is -2.40. The summed E-state index contributed by atoms with van der Waals surface area (Å²) in [7, 11) is 11.7. The van der Waals surface area contributed by atoms with Crippen LogP contribution in [0, 0.1) is 23.2 Å². The summed E-state index contributed by atoms with van der Waals surface area (Å²) in [6, 6.07) is 0. The molecule has 2 saturated heterocycles. The molecule has 12 unspecified atom stereocenters. The molecule has 0 aliphatic carbocycles. The van der Waals surface area contributed by atoms with Crippen molar-refractivity contribution in [2.45, 2.75) is 242 Å². The van der Waals surface area contributed by atoms with Gasteiger partial charge in [0.2, 0.25) is 35.4 Å². The monoisotopic (exact) mass is 1340 g/mol. The molecule has 0 spiro atoms. The lowest BCUT2D eigenvalue weighted by atomic mass is 9.75. The maximum atomic E-state index is 13.2. The molecular weight excluding hydrogens is 1220 g/mol. The Balaban J connectivity index is 1.59. The van der Waals surface area contributed by atoms with Gasteiger partial charge in [0.15, 0.2) is 0 Å². The summed E-state index contributed by atoms with van der Waals surface area (Å²) in [5.41, 5.74) is 4.92. The molecule has 2 fully saturated rings. The highest BCUT2D eigenvalue weighted by molar-refractivity contribution is 8.00. The van der Waals surface area contributed by atoms with Gasteiger partial charge < -0.3 is 54.3 Å². The lowest BCUT2D eigenvalue weighted by molar-refractivity contribution is -0.146. The number of thioether (sulfide) groups is 2. The molecule has 2 rings (SSSR count). The topological polar surface area (TPSA) is 233 Å². The number of imide groups is 2. The standard InChI is InChI=1S/C64H122N5O14P3S2/c1-15-80-64(12,86)50(41-62(10,84)81-42-47(2)76-13)44-79-35-25-31-67-54(71)29-33-69-56(73)39-52(58(69)75)88-37-23-19-17-21-27-48(59(3,4)5)26-20-16-18-22-36-87-51-38-55(72)68(57(51)74)32-28-53(70)66-30-24-34-78-43-49(40-63(11,85)83-46-65)61(8,9)82-45-60(6,7)77-14/h47-52H,15-46,65,84-86H2,1-14H3,(H,66,70)(H,67,71). The summed E-state index contributed by atoms with van der Waals surface area (Å²) < 4.78 is 47.4. The maximum Gasteiger partial charge on any atom is 0.242 e. The van der Waals surface area contributed by atoms with E-state index in [4.69, 9.17) is 43.6 Å². The molecule has 24 heteroatoms. The number of hydrogen-bond acceptors (Lipinski definition) is 17. The molecule has 0 aromatic carbocycles. The number of nitrogens with one attached hydrogen (secondary N) is 2. The highest BCUT2D eigenvalue weighted by Crippen LogP contribution is 2.40. The predicted octanol–water partition coefficient (Wildman–Crippen LogP) is 10.1. The fraction of sp³-hybridized carbons (Fsp3) is 0.906. The van der Waals surface area contributed by atoms with Crippen LogP contribution < -0.4 is 16.4 Å². The third-order valence-electron chi connectivity index (χ3n) is 16.9. The third-order valence-corrected chi connectivity index (χ3v) is 20.9. The van der Waals surface area contributed by atoms with E-state index >= 15 is 0 Å². The van der Waals surface area contributed by atoms with Crippen LogP contribution >= 0.6 is 51.2 Å². The minimum Gasteiger partial charge on any atom is -0.381 e. The summed E-state index contributed by atoms with van der Waals surface area (Å²) in [4.78, 5) is 80.1. The number of nitrogens with two attached hydrogens (primary N) is 1. The maximum absolute atomic E-state index is 13.2. The average Bonchev–Trinajstić information content (AvgIpc) is 2.92. The molecular formula is C64H122N5O14P3S2. The molecule has 88 heavy (non-hydrogen) atoms. The van der Waals surface area contributed by atoms with Crippen molar-refractivity contribution in [1.82, 2.24) is 20.4 Å². The number of carbonyl (C=O) groups is 6.